The minimum atomic E-state index is -1.04. The Morgan fingerprint density at radius 3 is 1.22 bits per heavy atom. The number of carboxylic acid groups (broad SMARTS) is 2. The summed E-state index contributed by atoms with van der Waals surface area (Å²) in [6.45, 7) is 3.16. The fourth-order valence-electron chi connectivity index (χ4n) is 1.28. The van der Waals surface area contributed by atoms with Gasteiger partial charge in [-0.2, -0.15) is 0 Å². The normalized spacial score (nSPS) is 8.33. The quantitative estimate of drug-likeness (QED) is 0.298. The molecule has 0 atom stereocenters. The number of carbonyl (C=O) groups is 2. The third kappa shape index (κ3) is 4.89. The number of benzene rings is 1. The third-order valence-electron chi connectivity index (χ3n) is 2.03. The van der Waals surface area contributed by atoms with E-state index in [4.69, 9.17) is 10.2 Å². The smallest absolute Gasteiger partial charge is 0.335 e. The SMILES string of the molecule is Cc1cc(C(=O)O)c(C)cc1C(=O)O.NN.NN. The summed E-state index contributed by atoms with van der Waals surface area (Å²) in [5.74, 6) is 13.9. The predicted molar refractivity (Wildman–Crippen MR) is 66.6 cm³/mol. The van der Waals surface area contributed by atoms with E-state index in [0.717, 1.165) is 0 Å². The van der Waals surface area contributed by atoms with E-state index in [1.165, 1.54) is 12.1 Å². The molecule has 1 aromatic carbocycles. The Labute approximate surface area is 104 Å². The standard InChI is InChI=1S/C10H10O4.2H4N2/c1-5-3-8(10(13)14)6(2)4-7(5)9(11)12;2*1-2/h3-4H,1-2H3,(H,11,12)(H,13,14);2*1-2H2. The molecule has 0 aromatic heterocycles. The molecule has 10 N–H and O–H groups in total. The first-order valence-corrected chi connectivity index (χ1v) is 4.68. The molecule has 0 aliphatic rings. The molecule has 0 fully saturated rings. The topological polar surface area (TPSA) is 179 Å². The Morgan fingerprint density at radius 1 is 0.833 bits per heavy atom. The van der Waals surface area contributed by atoms with Crippen LogP contribution < -0.4 is 23.4 Å². The molecule has 0 saturated heterocycles. The summed E-state index contributed by atoms with van der Waals surface area (Å²) < 4.78 is 0. The minimum absolute atomic E-state index is 0.146. The van der Waals surface area contributed by atoms with Crippen LogP contribution in [0.1, 0.15) is 31.8 Å². The molecule has 1 rings (SSSR count). The molecule has 0 saturated carbocycles. The first-order chi connectivity index (χ1) is 8.43. The van der Waals surface area contributed by atoms with Crippen LogP contribution >= 0.6 is 0 Å². The zero-order valence-corrected chi connectivity index (χ0v) is 10.2. The molecule has 0 unspecified atom stereocenters. The highest BCUT2D eigenvalue weighted by molar-refractivity contribution is 5.94. The summed E-state index contributed by atoms with van der Waals surface area (Å²) in [7, 11) is 0. The van der Waals surface area contributed by atoms with E-state index < -0.39 is 11.9 Å². The molecular weight excluding hydrogens is 240 g/mol. The Morgan fingerprint density at radius 2 is 1.06 bits per heavy atom. The van der Waals surface area contributed by atoms with Gasteiger partial charge in [-0.15, -0.1) is 0 Å². The summed E-state index contributed by atoms with van der Waals surface area (Å²) in [5, 5.41) is 17.5. The molecule has 0 aliphatic heterocycles. The van der Waals surface area contributed by atoms with Gasteiger partial charge in [0.1, 0.15) is 0 Å². The molecule has 18 heavy (non-hydrogen) atoms. The number of carboxylic acids is 2. The van der Waals surface area contributed by atoms with Gasteiger partial charge < -0.3 is 10.2 Å². The molecule has 0 aliphatic carbocycles. The molecule has 0 spiro atoms. The van der Waals surface area contributed by atoms with Crippen LogP contribution in [0.4, 0.5) is 0 Å². The Balaban J connectivity index is 0. The van der Waals surface area contributed by atoms with Crippen molar-refractivity contribution in [1.82, 2.24) is 0 Å². The van der Waals surface area contributed by atoms with Crippen LogP contribution in [-0.4, -0.2) is 22.2 Å². The van der Waals surface area contributed by atoms with Crippen molar-refractivity contribution in [3.05, 3.63) is 34.4 Å². The van der Waals surface area contributed by atoms with Crippen molar-refractivity contribution in [1.29, 1.82) is 0 Å². The largest absolute Gasteiger partial charge is 0.478 e. The highest BCUT2D eigenvalue weighted by Gasteiger charge is 2.13. The lowest BCUT2D eigenvalue weighted by Gasteiger charge is -2.05. The third-order valence-corrected chi connectivity index (χ3v) is 2.03. The van der Waals surface area contributed by atoms with Crippen LogP contribution in [-0.2, 0) is 0 Å². The van der Waals surface area contributed by atoms with Crippen molar-refractivity contribution in [3.63, 3.8) is 0 Å². The van der Waals surface area contributed by atoms with E-state index in [9.17, 15) is 9.59 Å². The van der Waals surface area contributed by atoms with E-state index in [-0.39, 0.29) is 11.1 Å². The van der Waals surface area contributed by atoms with Crippen LogP contribution in [0.15, 0.2) is 12.1 Å². The lowest BCUT2D eigenvalue weighted by Crippen LogP contribution is -2.06. The lowest BCUT2D eigenvalue weighted by molar-refractivity contribution is 0.0679. The fourth-order valence-corrected chi connectivity index (χ4v) is 1.28. The van der Waals surface area contributed by atoms with Gasteiger partial charge in [0.25, 0.3) is 0 Å². The van der Waals surface area contributed by atoms with Crippen molar-refractivity contribution in [2.75, 3.05) is 0 Å². The average molecular weight is 258 g/mol. The van der Waals surface area contributed by atoms with Gasteiger partial charge >= 0.3 is 11.9 Å². The number of aryl methyl sites for hydroxylation is 2. The molecule has 0 bridgehead atoms. The highest BCUT2D eigenvalue weighted by atomic mass is 16.4. The van der Waals surface area contributed by atoms with Gasteiger partial charge in [0, 0.05) is 0 Å². The van der Waals surface area contributed by atoms with Crippen molar-refractivity contribution in [3.8, 4) is 0 Å². The Hall–Kier alpha value is -2.00. The zero-order chi connectivity index (χ0) is 14.9. The fraction of sp³-hybridized carbons (Fsp3) is 0.200. The first kappa shape index (κ1) is 18.4. The molecule has 0 radical (unpaired) electrons. The Bertz CT molecular complexity index is 381. The summed E-state index contributed by atoms with van der Waals surface area (Å²) in [6, 6.07) is 2.75. The molecular formula is C10H18N4O4. The zero-order valence-electron chi connectivity index (χ0n) is 10.2. The maximum absolute atomic E-state index is 10.7. The maximum atomic E-state index is 10.7. The van der Waals surface area contributed by atoms with Gasteiger partial charge in [-0.1, -0.05) is 0 Å². The molecule has 102 valence electrons. The highest BCUT2D eigenvalue weighted by Crippen LogP contribution is 2.16. The number of hydrogen-bond acceptors (Lipinski definition) is 6. The first-order valence-electron chi connectivity index (χ1n) is 4.68. The van der Waals surface area contributed by atoms with Crippen molar-refractivity contribution >= 4 is 11.9 Å². The number of nitrogens with two attached hydrogens (primary N) is 4. The summed E-state index contributed by atoms with van der Waals surface area (Å²) in [5.41, 5.74) is 1.21. The maximum Gasteiger partial charge on any atom is 0.335 e. The van der Waals surface area contributed by atoms with Gasteiger partial charge in [-0.05, 0) is 37.1 Å². The molecule has 8 heteroatoms. The molecule has 0 amide bonds. The summed E-state index contributed by atoms with van der Waals surface area (Å²) in [6.07, 6.45) is 0. The van der Waals surface area contributed by atoms with Crippen LogP contribution in [0.5, 0.6) is 0 Å². The van der Waals surface area contributed by atoms with Crippen LogP contribution in [0.2, 0.25) is 0 Å². The monoisotopic (exact) mass is 258 g/mol. The second-order valence-electron chi connectivity index (χ2n) is 3.09. The van der Waals surface area contributed by atoms with E-state index in [1.807, 2.05) is 0 Å². The second kappa shape index (κ2) is 9.07. The van der Waals surface area contributed by atoms with Crippen molar-refractivity contribution < 1.29 is 19.8 Å². The summed E-state index contributed by atoms with van der Waals surface area (Å²) in [4.78, 5) is 21.4. The van der Waals surface area contributed by atoms with Crippen molar-refractivity contribution in [2.24, 2.45) is 23.4 Å². The van der Waals surface area contributed by atoms with Crippen molar-refractivity contribution in [2.45, 2.75) is 13.8 Å². The Kier molecular flexibility index (Phi) is 9.26. The van der Waals surface area contributed by atoms with E-state index in [1.54, 1.807) is 13.8 Å². The van der Waals surface area contributed by atoms with Gasteiger partial charge in [0.05, 0.1) is 11.1 Å². The van der Waals surface area contributed by atoms with Gasteiger partial charge in [0.2, 0.25) is 0 Å². The van der Waals surface area contributed by atoms with Gasteiger partial charge in [0.15, 0.2) is 0 Å². The number of rotatable bonds is 2. The second-order valence-corrected chi connectivity index (χ2v) is 3.09. The lowest BCUT2D eigenvalue weighted by atomic mass is 10.0. The number of hydrazine groups is 2. The van der Waals surface area contributed by atoms with E-state index in [2.05, 4.69) is 23.4 Å². The minimum Gasteiger partial charge on any atom is -0.478 e. The number of hydrogen-bond donors (Lipinski definition) is 6. The van der Waals surface area contributed by atoms with Gasteiger partial charge in [-0.3, -0.25) is 23.4 Å². The predicted octanol–water partition coefficient (Wildman–Crippen LogP) is -0.663. The van der Waals surface area contributed by atoms with Crippen LogP contribution in [0.3, 0.4) is 0 Å². The average Bonchev–Trinajstić information content (AvgIpc) is 2.36. The summed E-state index contributed by atoms with van der Waals surface area (Å²) >= 11 is 0. The molecule has 8 nitrogen and oxygen atoms in total. The van der Waals surface area contributed by atoms with Crippen LogP contribution in [0, 0.1) is 13.8 Å². The van der Waals surface area contributed by atoms with Crippen LogP contribution in [0.25, 0.3) is 0 Å². The van der Waals surface area contributed by atoms with Gasteiger partial charge in [-0.25, -0.2) is 9.59 Å². The van der Waals surface area contributed by atoms with E-state index >= 15 is 0 Å². The number of aromatic carboxylic acids is 2. The molecule has 1 aromatic rings. The molecule has 0 heterocycles. The van der Waals surface area contributed by atoms with E-state index in [0.29, 0.717) is 11.1 Å².